The zero-order valence-corrected chi connectivity index (χ0v) is 14.1. The van der Waals surface area contributed by atoms with Crippen molar-refractivity contribution in [3.63, 3.8) is 0 Å². The number of carboxylic acid groups (broad SMARTS) is 3. The van der Waals surface area contributed by atoms with E-state index in [9.17, 15) is 14.4 Å². The standard InChI is InChI=1S/C4H7NO2.2C4H6O2.Na.H/c1-3(2-5)4(6)7;2*1-3(2)4(5)6;;/h2H,5H2,1H3,(H,6,7);2*1H2,2H3,(H,5,6);;/q;;;+1;-1. The van der Waals surface area contributed by atoms with E-state index in [1.165, 1.54) is 20.8 Å². The van der Waals surface area contributed by atoms with Gasteiger partial charge in [0.1, 0.15) is 0 Å². The van der Waals surface area contributed by atoms with Gasteiger partial charge in [-0.15, -0.1) is 0 Å². The van der Waals surface area contributed by atoms with Gasteiger partial charge in [0, 0.05) is 22.9 Å². The minimum Gasteiger partial charge on any atom is -1.00 e. The summed E-state index contributed by atoms with van der Waals surface area (Å²) in [5.41, 5.74) is 5.35. The van der Waals surface area contributed by atoms with Crippen molar-refractivity contribution in [3.8, 4) is 0 Å². The molecule has 5 N–H and O–H groups in total. The summed E-state index contributed by atoms with van der Waals surface area (Å²) in [4.78, 5) is 29.0. The molecule has 8 heteroatoms. The van der Waals surface area contributed by atoms with E-state index in [1.807, 2.05) is 0 Å². The first kappa shape index (κ1) is 26.9. The molecule has 110 valence electrons. The van der Waals surface area contributed by atoms with Gasteiger partial charge in [0.2, 0.25) is 0 Å². The van der Waals surface area contributed by atoms with E-state index >= 15 is 0 Å². The summed E-state index contributed by atoms with van der Waals surface area (Å²) >= 11 is 0. The summed E-state index contributed by atoms with van der Waals surface area (Å²) in [6.07, 6.45) is 1.06. The van der Waals surface area contributed by atoms with Crippen molar-refractivity contribution in [1.29, 1.82) is 0 Å². The summed E-state index contributed by atoms with van der Waals surface area (Å²) in [6.45, 7) is 10.6. The van der Waals surface area contributed by atoms with Crippen molar-refractivity contribution >= 4 is 17.9 Å². The van der Waals surface area contributed by atoms with Crippen molar-refractivity contribution in [1.82, 2.24) is 0 Å². The molecule has 0 saturated carbocycles. The van der Waals surface area contributed by atoms with E-state index in [0.717, 1.165) is 6.20 Å². The predicted molar refractivity (Wildman–Crippen MR) is 71.6 cm³/mol. The maximum absolute atomic E-state index is 9.78. The fourth-order valence-electron chi connectivity index (χ4n) is 0.0713. The van der Waals surface area contributed by atoms with Crippen molar-refractivity contribution < 1.29 is 60.7 Å². The van der Waals surface area contributed by atoms with E-state index in [4.69, 9.17) is 21.1 Å². The Morgan fingerprint density at radius 2 is 1.10 bits per heavy atom. The van der Waals surface area contributed by atoms with Crippen molar-refractivity contribution in [2.45, 2.75) is 20.8 Å². The number of hydrogen-bond acceptors (Lipinski definition) is 4. The molecule has 0 bridgehead atoms. The first-order valence-corrected chi connectivity index (χ1v) is 4.86. The zero-order valence-electron chi connectivity index (χ0n) is 13.1. The summed E-state index contributed by atoms with van der Waals surface area (Å²) in [7, 11) is 0. The van der Waals surface area contributed by atoms with Crippen LogP contribution in [0.4, 0.5) is 0 Å². The Morgan fingerprint density at radius 3 is 1.10 bits per heavy atom. The summed E-state index contributed by atoms with van der Waals surface area (Å²) in [5, 5.41) is 23.8. The fraction of sp³-hybridized carbons (Fsp3) is 0.250. The number of carboxylic acids is 3. The second-order valence-electron chi connectivity index (χ2n) is 3.33. The second kappa shape index (κ2) is 15.5. The third-order valence-electron chi connectivity index (χ3n) is 1.32. The number of nitrogens with two attached hydrogens (primary N) is 1. The summed E-state index contributed by atoms with van der Waals surface area (Å²) in [6, 6.07) is 0. The monoisotopic (exact) mass is 297 g/mol. The number of carbonyl (C=O) groups is 3. The Balaban J connectivity index is -0.0000000584. The second-order valence-corrected chi connectivity index (χ2v) is 3.33. The van der Waals surface area contributed by atoms with Crippen molar-refractivity contribution in [3.05, 3.63) is 36.1 Å². The maximum atomic E-state index is 9.78. The van der Waals surface area contributed by atoms with Crippen LogP contribution in [0.1, 0.15) is 22.2 Å². The molecule has 0 aromatic heterocycles. The Kier molecular flexibility index (Phi) is 20.8. The Hall–Kier alpha value is -1.57. The first-order valence-electron chi connectivity index (χ1n) is 4.86. The number of rotatable bonds is 3. The third-order valence-corrected chi connectivity index (χ3v) is 1.32. The molecule has 0 saturated heterocycles. The van der Waals surface area contributed by atoms with E-state index < -0.39 is 17.9 Å². The number of hydrogen-bond donors (Lipinski definition) is 4. The summed E-state index contributed by atoms with van der Waals surface area (Å²) < 4.78 is 0. The molecule has 20 heavy (non-hydrogen) atoms. The van der Waals surface area contributed by atoms with Gasteiger partial charge in [-0.1, -0.05) is 13.2 Å². The van der Waals surface area contributed by atoms with Crippen LogP contribution in [0.3, 0.4) is 0 Å². The minimum atomic E-state index is -0.970. The molecule has 0 aromatic rings. The van der Waals surface area contributed by atoms with Gasteiger partial charge >= 0.3 is 47.5 Å². The quantitative estimate of drug-likeness (QED) is 0.361. The van der Waals surface area contributed by atoms with Crippen LogP contribution >= 0.6 is 0 Å². The molecular formula is C12H20NNaO6. The van der Waals surface area contributed by atoms with Gasteiger partial charge < -0.3 is 22.5 Å². The molecule has 0 spiro atoms. The first-order chi connectivity index (χ1) is 8.47. The van der Waals surface area contributed by atoms with Gasteiger partial charge in [-0.2, -0.15) is 0 Å². The van der Waals surface area contributed by atoms with Crippen LogP contribution < -0.4 is 35.3 Å². The van der Waals surface area contributed by atoms with Crippen LogP contribution in [-0.4, -0.2) is 33.2 Å². The van der Waals surface area contributed by atoms with Crippen LogP contribution in [0.5, 0.6) is 0 Å². The Labute approximate surface area is 141 Å². The Morgan fingerprint density at radius 1 is 0.900 bits per heavy atom. The topological polar surface area (TPSA) is 138 Å². The molecule has 0 atom stereocenters. The van der Waals surface area contributed by atoms with E-state index in [2.05, 4.69) is 13.2 Å². The zero-order chi connectivity index (χ0) is 16.2. The van der Waals surface area contributed by atoms with Crippen molar-refractivity contribution in [2.75, 3.05) is 0 Å². The number of aliphatic carboxylic acids is 3. The van der Waals surface area contributed by atoms with Gasteiger partial charge in [0.05, 0.1) is 0 Å². The molecule has 0 radical (unpaired) electrons. The van der Waals surface area contributed by atoms with Gasteiger partial charge in [-0.25, -0.2) is 14.4 Å². The Bertz CT molecular complexity index is 359. The van der Waals surface area contributed by atoms with Gasteiger partial charge in [0.25, 0.3) is 0 Å². The maximum Gasteiger partial charge on any atom is 1.00 e. The molecule has 7 nitrogen and oxygen atoms in total. The molecule has 0 aliphatic carbocycles. The van der Waals surface area contributed by atoms with Crippen molar-refractivity contribution in [2.24, 2.45) is 5.73 Å². The third kappa shape index (κ3) is 25.3. The molecule has 0 unspecified atom stereocenters. The molecule has 0 fully saturated rings. The average Bonchev–Trinajstić information content (AvgIpc) is 2.29. The fourth-order valence-corrected chi connectivity index (χ4v) is 0.0713. The molecule has 0 aliphatic heterocycles. The van der Waals surface area contributed by atoms with Crippen LogP contribution in [0.15, 0.2) is 36.1 Å². The smallest absolute Gasteiger partial charge is 1.00 e. The molecule has 0 rings (SSSR count). The van der Waals surface area contributed by atoms with Gasteiger partial charge in [-0.3, -0.25) is 0 Å². The summed E-state index contributed by atoms with van der Waals surface area (Å²) in [5.74, 6) is -2.84. The SMILES string of the molecule is C=C(C)C(=O)O.C=C(C)C(=O)O.CC(=CN)C(=O)O.[H-].[Na+]. The molecule has 0 aliphatic rings. The molecule has 0 aromatic carbocycles. The minimum absolute atomic E-state index is 0. The molecule has 0 heterocycles. The van der Waals surface area contributed by atoms with E-state index in [-0.39, 0.29) is 47.7 Å². The predicted octanol–water partition coefficient (Wildman–Crippen LogP) is -1.66. The van der Waals surface area contributed by atoms with Crippen LogP contribution in [0, 0.1) is 0 Å². The van der Waals surface area contributed by atoms with Crippen LogP contribution in [0.25, 0.3) is 0 Å². The van der Waals surface area contributed by atoms with Crippen LogP contribution in [-0.2, 0) is 14.4 Å². The molecular weight excluding hydrogens is 277 g/mol. The van der Waals surface area contributed by atoms with Gasteiger partial charge in [-0.05, 0) is 20.8 Å². The van der Waals surface area contributed by atoms with E-state index in [0.29, 0.717) is 0 Å². The normalized spacial score (nSPS) is 8.45. The largest absolute Gasteiger partial charge is 1.00 e. The van der Waals surface area contributed by atoms with E-state index in [1.54, 1.807) is 0 Å². The van der Waals surface area contributed by atoms with Gasteiger partial charge in [0.15, 0.2) is 0 Å². The molecule has 0 amide bonds. The average molecular weight is 297 g/mol. The van der Waals surface area contributed by atoms with Crippen LogP contribution in [0.2, 0.25) is 0 Å².